The zero-order valence-electron chi connectivity index (χ0n) is 14.6. The number of alkyl halides is 6. The van der Waals surface area contributed by atoms with Gasteiger partial charge in [-0.2, -0.15) is 21.6 Å². The highest BCUT2D eigenvalue weighted by atomic mass is 32.2. The summed E-state index contributed by atoms with van der Waals surface area (Å²) in [4.78, 5) is 23.8. The van der Waals surface area contributed by atoms with Gasteiger partial charge >= 0.3 is 28.0 Å². The maximum absolute atomic E-state index is 12.5. The van der Waals surface area contributed by atoms with E-state index in [9.17, 15) is 49.5 Å². The molecule has 8 nitrogen and oxygen atoms in total. The minimum absolute atomic E-state index is 0.134. The number of hydrogen-bond acceptors (Lipinski definition) is 6. The van der Waals surface area contributed by atoms with Gasteiger partial charge in [-0.15, -0.1) is 13.2 Å². The molecule has 2 aromatic rings. The second-order valence-electron chi connectivity index (χ2n) is 5.49. The van der Waals surface area contributed by atoms with Crippen molar-refractivity contribution >= 4 is 27.7 Å². The quantitative estimate of drug-likeness (QED) is 0.373. The Bertz CT molecular complexity index is 1090. The molecular weight excluding hydrogens is 464 g/mol. The van der Waals surface area contributed by atoms with Crippen molar-refractivity contribution in [2.45, 2.75) is 11.9 Å². The highest BCUT2D eigenvalue weighted by molar-refractivity contribution is 7.88. The number of rotatable bonds is 6. The van der Waals surface area contributed by atoms with Crippen LogP contribution in [0.4, 0.5) is 32.0 Å². The van der Waals surface area contributed by atoms with Crippen molar-refractivity contribution in [3.05, 3.63) is 53.6 Å². The number of carbonyl (C=O) groups excluding carboxylic acids is 1. The van der Waals surface area contributed by atoms with Crippen molar-refractivity contribution in [1.82, 2.24) is 0 Å². The van der Waals surface area contributed by atoms with E-state index in [1.54, 1.807) is 0 Å². The van der Waals surface area contributed by atoms with Crippen molar-refractivity contribution in [3.63, 3.8) is 0 Å². The Morgan fingerprint density at radius 1 is 0.935 bits per heavy atom. The van der Waals surface area contributed by atoms with Crippen LogP contribution in [0.5, 0.6) is 11.5 Å². The molecule has 0 fully saturated rings. The summed E-state index contributed by atoms with van der Waals surface area (Å²) < 4.78 is 104. The van der Waals surface area contributed by atoms with Gasteiger partial charge in [0.1, 0.15) is 11.3 Å². The fraction of sp³-hybridized carbons (Fsp3) is 0.125. The Balaban J connectivity index is 2.34. The molecule has 31 heavy (non-hydrogen) atoms. The van der Waals surface area contributed by atoms with Gasteiger partial charge in [0, 0.05) is 5.69 Å². The summed E-state index contributed by atoms with van der Waals surface area (Å²) >= 11 is 0. The molecule has 0 heterocycles. The Morgan fingerprint density at radius 3 is 2.00 bits per heavy atom. The van der Waals surface area contributed by atoms with Crippen molar-refractivity contribution in [2.24, 2.45) is 0 Å². The summed E-state index contributed by atoms with van der Waals surface area (Å²) in [6, 6.07) is 5.90. The van der Waals surface area contributed by atoms with Crippen LogP contribution in [0, 0.1) is 0 Å². The number of ether oxygens (including phenoxy) is 1. The van der Waals surface area contributed by atoms with Gasteiger partial charge in [0.2, 0.25) is 0 Å². The summed E-state index contributed by atoms with van der Waals surface area (Å²) in [7, 11) is -6.23. The van der Waals surface area contributed by atoms with Gasteiger partial charge in [0.05, 0.1) is 5.56 Å². The second-order valence-corrected chi connectivity index (χ2v) is 7.03. The molecule has 2 aromatic carbocycles. The van der Waals surface area contributed by atoms with E-state index in [4.69, 9.17) is 0 Å². The smallest absolute Gasteiger partial charge is 0.478 e. The first-order valence-corrected chi connectivity index (χ1v) is 9.06. The average molecular weight is 473 g/mol. The summed E-state index contributed by atoms with van der Waals surface area (Å²) in [6.45, 7) is 0. The van der Waals surface area contributed by atoms with Crippen LogP contribution >= 0.6 is 0 Å². The Labute approximate surface area is 169 Å². The number of carbonyl (C=O) groups is 2. The molecule has 0 unspecified atom stereocenters. The number of benzene rings is 2. The first-order chi connectivity index (χ1) is 14.1. The zero-order chi connectivity index (χ0) is 23.6. The normalized spacial score (nSPS) is 12.2. The zero-order valence-corrected chi connectivity index (χ0v) is 15.4. The number of hydrogen-bond donors (Lipinski definition) is 2. The lowest BCUT2D eigenvalue weighted by atomic mass is 10.1. The molecule has 0 aliphatic carbocycles. The van der Waals surface area contributed by atoms with E-state index in [0.29, 0.717) is 6.07 Å². The number of carboxylic acids is 1. The van der Waals surface area contributed by atoms with Gasteiger partial charge in [0.15, 0.2) is 5.75 Å². The van der Waals surface area contributed by atoms with E-state index in [2.05, 4.69) is 14.2 Å². The minimum Gasteiger partial charge on any atom is -0.478 e. The lowest BCUT2D eigenvalue weighted by Crippen LogP contribution is -2.29. The standard InChI is InChI=1S/C16H9F6NO7S/c17-15(18,19)29-9-6-4-8(5-7-9)23-13(24)10-2-1-3-11(12(10)14(25)26)30-31(27,28)16(20,21)22/h1-7H,(H,23,24)(H,25,26). The Morgan fingerprint density at radius 2 is 1.52 bits per heavy atom. The first-order valence-electron chi connectivity index (χ1n) is 7.65. The van der Waals surface area contributed by atoms with Crippen LogP contribution in [0.15, 0.2) is 42.5 Å². The topological polar surface area (TPSA) is 119 Å². The van der Waals surface area contributed by atoms with Gasteiger partial charge in [0.25, 0.3) is 5.91 Å². The number of anilines is 1. The molecule has 168 valence electrons. The number of carboxylic acid groups (broad SMARTS) is 1. The second kappa shape index (κ2) is 8.33. The highest BCUT2D eigenvalue weighted by Crippen LogP contribution is 2.31. The molecular formula is C16H9F6NO7S. The summed E-state index contributed by atoms with van der Waals surface area (Å²) in [5, 5.41) is 11.3. The highest BCUT2D eigenvalue weighted by Gasteiger charge is 2.49. The van der Waals surface area contributed by atoms with Crippen LogP contribution in [-0.4, -0.2) is 37.3 Å². The van der Waals surface area contributed by atoms with Crippen molar-refractivity contribution < 1.29 is 58.4 Å². The van der Waals surface area contributed by atoms with Crippen LogP contribution in [-0.2, 0) is 10.1 Å². The van der Waals surface area contributed by atoms with Crippen LogP contribution in [0.3, 0.4) is 0 Å². The molecule has 2 rings (SSSR count). The maximum atomic E-state index is 12.5. The van der Waals surface area contributed by atoms with Crippen molar-refractivity contribution in [2.75, 3.05) is 5.32 Å². The molecule has 0 bridgehead atoms. The molecule has 0 aliphatic heterocycles. The summed E-state index contributed by atoms with van der Waals surface area (Å²) in [5.74, 6) is -5.10. The predicted molar refractivity (Wildman–Crippen MR) is 90.1 cm³/mol. The van der Waals surface area contributed by atoms with Gasteiger partial charge < -0.3 is 19.3 Å². The number of nitrogens with one attached hydrogen (secondary N) is 1. The number of aromatic carboxylic acids is 1. The van der Waals surface area contributed by atoms with Crippen molar-refractivity contribution in [3.8, 4) is 11.5 Å². The maximum Gasteiger partial charge on any atom is 0.573 e. The molecule has 0 aromatic heterocycles. The first kappa shape index (κ1) is 23.8. The lowest BCUT2D eigenvalue weighted by Gasteiger charge is -2.14. The van der Waals surface area contributed by atoms with E-state index < -0.39 is 56.5 Å². The molecule has 0 radical (unpaired) electrons. The van der Waals surface area contributed by atoms with E-state index in [1.165, 1.54) is 0 Å². The Kier molecular flexibility index (Phi) is 6.39. The fourth-order valence-electron chi connectivity index (χ4n) is 2.11. The number of halogens is 6. The molecule has 0 atom stereocenters. The molecule has 1 amide bonds. The van der Waals surface area contributed by atoms with Gasteiger partial charge in [-0.25, -0.2) is 4.79 Å². The van der Waals surface area contributed by atoms with Crippen LogP contribution in [0.25, 0.3) is 0 Å². The van der Waals surface area contributed by atoms with Crippen molar-refractivity contribution in [1.29, 1.82) is 0 Å². The van der Waals surface area contributed by atoms with Gasteiger partial charge in [-0.3, -0.25) is 4.79 Å². The third-order valence-corrected chi connectivity index (χ3v) is 4.28. The Hall–Kier alpha value is -3.49. The third kappa shape index (κ3) is 6.00. The molecule has 0 aliphatic rings. The predicted octanol–water partition coefficient (Wildman–Crippen LogP) is 3.76. The van der Waals surface area contributed by atoms with E-state index in [-0.39, 0.29) is 5.69 Å². The van der Waals surface area contributed by atoms with Gasteiger partial charge in [-0.1, -0.05) is 6.07 Å². The van der Waals surface area contributed by atoms with Crippen LogP contribution < -0.4 is 14.2 Å². The SMILES string of the molecule is O=C(Nc1ccc(OC(F)(F)F)cc1)c1cccc(OS(=O)(=O)C(F)(F)F)c1C(=O)O. The van der Waals surface area contributed by atoms with E-state index in [0.717, 1.165) is 36.4 Å². The van der Waals surface area contributed by atoms with Crippen LogP contribution in [0.1, 0.15) is 20.7 Å². The number of amides is 1. The van der Waals surface area contributed by atoms with Gasteiger partial charge in [-0.05, 0) is 36.4 Å². The monoisotopic (exact) mass is 473 g/mol. The summed E-state index contributed by atoms with van der Waals surface area (Å²) in [6.07, 6.45) is -4.96. The van der Waals surface area contributed by atoms with E-state index in [1.807, 2.05) is 0 Å². The summed E-state index contributed by atoms with van der Waals surface area (Å²) in [5.41, 5.74) is -7.96. The van der Waals surface area contributed by atoms with E-state index >= 15 is 0 Å². The molecule has 0 saturated heterocycles. The fourth-order valence-corrected chi connectivity index (χ4v) is 2.58. The lowest BCUT2D eigenvalue weighted by molar-refractivity contribution is -0.274. The minimum atomic E-state index is -6.23. The molecule has 0 saturated carbocycles. The molecule has 0 spiro atoms. The molecule has 2 N–H and O–H groups in total. The largest absolute Gasteiger partial charge is 0.573 e. The average Bonchev–Trinajstić information content (AvgIpc) is 2.60. The van der Waals surface area contributed by atoms with Crippen LogP contribution in [0.2, 0.25) is 0 Å². The molecule has 15 heteroatoms. The third-order valence-electron chi connectivity index (χ3n) is 3.31.